The fraction of sp³-hybridized carbons (Fsp3) is 0. The molecule has 10 aromatic carbocycles. The highest BCUT2D eigenvalue weighted by Gasteiger charge is 2.24. The Balaban J connectivity index is 0.889. The highest BCUT2D eigenvalue weighted by molar-refractivity contribution is 6.14. The van der Waals surface area contributed by atoms with E-state index in [1.165, 1.54) is 82.2 Å². The lowest BCUT2D eigenvalue weighted by atomic mass is 9.99. The number of aromatic nitrogens is 3. The minimum absolute atomic E-state index is 0.858. The van der Waals surface area contributed by atoms with Gasteiger partial charge in [-0.05, 0) is 124 Å². The zero-order chi connectivity index (χ0) is 41.9. The molecule has 0 N–H and O–H groups in total. The number of fused-ring (bicyclic) bond motifs is 11. The first-order valence-electron chi connectivity index (χ1n) is 21.9. The summed E-state index contributed by atoms with van der Waals surface area (Å²) in [5.74, 6) is 1.74. The zero-order valence-electron chi connectivity index (χ0n) is 34.6. The standard InChI is InChI=1S/C60H37N3O/c1-3-12-38(13-4-1)40-24-30-55-50(34-40)51-36-42(41-25-31-54-49(35-41)47-17-8-9-19-52(47)61(54)44-14-5-2-6-15-44)26-32-56(51)62(55)45-28-22-39(23-29-45)43-27-33-57-59(37-43)64-58-21-11-18-48-46-16-7-10-20-53(46)63(57)60(48)58/h1-37H. The average molecular weight is 816 g/mol. The van der Waals surface area contributed by atoms with Crippen molar-refractivity contribution < 1.29 is 4.74 Å². The maximum absolute atomic E-state index is 6.64. The first-order valence-corrected chi connectivity index (χ1v) is 21.9. The van der Waals surface area contributed by atoms with Crippen molar-refractivity contribution in [2.45, 2.75) is 0 Å². The summed E-state index contributed by atoms with van der Waals surface area (Å²) in [4.78, 5) is 0. The molecule has 0 amide bonds. The van der Waals surface area contributed by atoms with Crippen LogP contribution in [0.1, 0.15) is 0 Å². The maximum Gasteiger partial charge on any atom is 0.152 e. The minimum atomic E-state index is 0.858. The number of ether oxygens (including phenoxy) is 1. The van der Waals surface area contributed by atoms with Gasteiger partial charge >= 0.3 is 0 Å². The Morgan fingerprint density at radius 3 is 1.34 bits per heavy atom. The van der Waals surface area contributed by atoms with Crippen molar-refractivity contribution in [1.29, 1.82) is 0 Å². The van der Waals surface area contributed by atoms with Gasteiger partial charge in [-0.2, -0.15) is 0 Å². The molecule has 0 atom stereocenters. The van der Waals surface area contributed by atoms with Gasteiger partial charge in [0.15, 0.2) is 11.5 Å². The second kappa shape index (κ2) is 13.4. The molecule has 0 spiro atoms. The average Bonchev–Trinajstić information content (AvgIpc) is 4.00. The smallest absolute Gasteiger partial charge is 0.152 e. The largest absolute Gasteiger partial charge is 0.453 e. The van der Waals surface area contributed by atoms with Crippen molar-refractivity contribution in [2.75, 3.05) is 0 Å². The summed E-state index contributed by atoms with van der Waals surface area (Å²) in [6.07, 6.45) is 0. The molecule has 4 heteroatoms. The van der Waals surface area contributed by atoms with E-state index in [0.717, 1.165) is 45.2 Å². The monoisotopic (exact) mass is 815 g/mol. The lowest BCUT2D eigenvalue weighted by Crippen LogP contribution is -2.04. The highest BCUT2D eigenvalue weighted by Crippen LogP contribution is 2.47. The Kier molecular flexibility index (Phi) is 7.36. The Bertz CT molecular complexity index is 4020. The number of benzene rings is 10. The molecule has 64 heavy (non-hydrogen) atoms. The Labute approximate surface area is 368 Å². The Morgan fingerprint density at radius 1 is 0.250 bits per heavy atom. The summed E-state index contributed by atoms with van der Waals surface area (Å²) in [5.41, 5.74) is 17.4. The van der Waals surface area contributed by atoms with Gasteiger partial charge in [0.1, 0.15) is 0 Å². The third-order valence-corrected chi connectivity index (χ3v) is 13.4. The summed E-state index contributed by atoms with van der Waals surface area (Å²) in [7, 11) is 0. The number of hydrogen-bond donors (Lipinski definition) is 0. The van der Waals surface area contributed by atoms with Crippen LogP contribution >= 0.6 is 0 Å². The van der Waals surface area contributed by atoms with Crippen LogP contribution in [0.15, 0.2) is 224 Å². The van der Waals surface area contributed by atoms with Crippen molar-refractivity contribution in [2.24, 2.45) is 0 Å². The van der Waals surface area contributed by atoms with E-state index >= 15 is 0 Å². The number of rotatable bonds is 5. The number of hydrogen-bond acceptors (Lipinski definition) is 1. The highest BCUT2D eigenvalue weighted by atomic mass is 16.5. The second-order valence-electron chi connectivity index (χ2n) is 16.9. The quantitative estimate of drug-likeness (QED) is 0.170. The Hall–Kier alpha value is -8.60. The Morgan fingerprint density at radius 2 is 0.688 bits per heavy atom. The van der Waals surface area contributed by atoms with Crippen molar-refractivity contribution in [1.82, 2.24) is 13.7 Å². The van der Waals surface area contributed by atoms with Gasteiger partial charge in [0.05, 0.1) is 38.8 Å². The topological polar surface area (TPSA) is 24.0 Å². The van der Waals surface area contributed by atoms with Crippen LogP contribution in [0.5, 0.6) is 11.5 Å². The van der Waals surface area contributed by atoms with E-state index < -0.39 is 0 Å². The van der Waals surface area contributed by atoms with Crippen LogP contribution in [-0.4, -0.2) is 13.7 Å². The molecule has 0 saturated heterocycles. The van der Waals surface area contributed by atoms with Crippen LogP contribution in [-0.2, 0) is 0 Å². The van der Waals surface area contributed by atoms with Crippen molar-refractivity contribution in [3.8, 4) is 61.9 Å². The number of nitrogens with zero attached hydrogens (tertiary/aromatic N) is 3. The van der Waals surface area contributed by atoms with Crippen LogP contribution in [0, 0.1) is 0 Å². The fourth-order valence-electron chi connectivity index (χ4n) is 10.5. The summed E-state index contributed by atoms with van der Waals surface area (Å²) in [5, 5.41) is 7.39. The zero-order valence-corrected chi connectivity index (χ0v) is 34.6. The van der Waals surface area contributed by atoms with Crippen LogP contribution in [0.25, 0.3) is 116 Å². The molecule has 0 unspecified atom stereocenters. The molecule has 4 nitrogen and oxygen atoms in total. The number of para-hydroxylation sites is 4. The molecule has 0 saturated carbocycles. The molecule has 0 fully saturated rings. The van der Waals surface area contributed by atoms with Crippen LogP contribution in [0.4, 0.5) is 0 Å². The minimum Gasteiger partial charge on any atom is -0.453 e. The molecule has 0 radical (unpaired) electrons. The second-order valence-corrected chi connectivity index (χ2v) is 16.9. The molecule has 298 valence electrons. The molecular weight excluding hydrogens is 779 g/mol. The van der Waals surface area contributed by atoms with E-state index in [2.05, 4.69) is 238 Å². The van der Waals surface area contributed by atoms with Crippen molar-refractivity contribution >= 4 is 65.4 Å². The van der Waals surface area contributed by atoms with Gasteiger partial charge in [-0.15, -0.1) is 0 Å². The molecular formula is C60H37N3O. The SMILES string of the molecule is c1ccc(-c2ccc3c(c2)c2cc(-c4ccc5c(c4)c4ccccc4n5-c4ccccc4)ccc2n3-c2ccc(-c3ccc4c(c3)Oc3cccc5c6ccccc6n-4c35)cc2)cc1. The van der Waals surface area contributed by atoms with Crippen molar-refractivity contribution in [3.05, 3.63) is 224 Å². The first-order chi connectivity index (χ1) is 31.7. The molecule has 0 aliphatic carbocycles. The van der Waals surface area contributed by atoms with Gasteiger partial charge in [0, 0.05) is 43.7 Å². The molecule has 14 rings (SSSR count). The third-order valence-electron chi connectivity index (χ3n) is 13.4. The lowest BCUT2D eigenvalue weighted by molar-refractivity contribution is 0.476. The van der Waals surface area contributed by atoms with Crippen LogP contribution in [0.2, 0.25) is 0 Å². The molecule has 3 aromatic heterocycles. The molecule has 0 bridgehead atoms. The first kappa shape index (κ1) is 35.0. The molecule has 4 heterocycles. The van der Waals surface area contributed by atoms with Gasteiger partial charge < -0.3 is 18.4 Å². The summed E-state index contributed by atoms with van der Waals surface area (Å²) < 4.78 is 13.8. The van der Waals surface area contributed by atoms with E-state index in [-0.39, 0.29) is 0 Å². The van der Waals surface area contributed by atoms with Gasteiger partial charge in [-0.1, -0.05) is 133 Å². The van der Waals surface area contributed by atoms with E-state index in [0.29, 0.717) is 0 Å². The normalized spacial score (nSPS) is 12.2. The van der Waals surface area contributed by atoms with E-state index in [9.17, 15) is 0 Å². The van der Waals surface area contributed by atoms with Crippen molar-refractivity contribution in [3.63, 3.8) is 0 Å². The summed E-state index contributed by atoms with van der Waals surface area (Å²) >= 11 is 0. The summed E-state index contributed by atoms with van der Waals surface area (Å²) in [6, 6.07) is 81.5. The third kappa shape index (κ3) is 5.11. The van der Waals surface area contributed by atoms with Gasteiger partial charge in [-0.3, -0.25) is 0 Å². The predicted molar refractivity (Wildman–Crippen MR) is 266 cm³/mol. The van der Waals surface area contributed by atoms with E-state index in [4.69, 9.17) is 4.74 Å². The van der Waals surface area contributed by atoms with E-state index in [1.807, 2.05) is 0 Å². The van der Waals surface area contributed by atoms with Crippen LogP contribution < -0.4 is 4.74 Å². The predicted octanol–water partition coefficient (Wildman–Crippen LogP) is 16.1. The van der Waals surface area contributed by atoms with Gasteiger partial charge in [0.25, 0.3) is 0 Å². The lowest BCUT2D eigenvalue weighted by Gasteiger charge is -2.21. The van der Waals surface area contributed by atoms with Crippen LogP contribution in [0.3, 0.4) is 0 Å². The van der Waals surface area contributed by atoms with E-state index in [1.54, 1.807) is 0 Å². The van der Waals surface area contributed by atoms with Gasteiger partial charge in [0.2, 0.25) is 0 Å². The molecule has 1 aliphatic heterocycles. The summed E-state index contributed by atoms with van der Waals surface area (Å²) in [6.45, 7) is 0. The maximum atomic E-state index is 6.64. The molecule has 1 aliphatic rings. The van der Waals surface area contributed by atoms with Gasteiger partial charge in [-0.25, -0.2) is 0 Å². The fourth-order valence-corrected chi connectivity index (χ4v) is 10.5. The molecule has 13 aromatic rings.